The number of morpholine rings is 1. The summed E-state index contributed by atoms with van der Waals surface area (Å²) in [5.74, 6) is 2.06. The van der Waals surface area contributed by atoms with Crippen molar-refractivity contribution in [3.8, 4) is 5.75 Å². The maximum absolute atomic E-state index is 13.3. The van der Waals surface area contributed by atoms with Crippen molar-refractivity contribution in [2.75, 3.05) is 64.6 Å². The standard InChI is InChI=1S/C33H45ClN2O4S.C5H11NO/c1-4-6-23-15-28(34)11-13-29(23)27-18-36-17-25-9-12-30(25)26(19-37)8-5-7-21(2)22(3)41(39)35-33(38)24-10-14-32(40-20-27)31(36)16-24;1-6-2-4-7-5-3-6/h10-11,13-16,21-22,25-27,30,37H,4-9,12,17-20H2,1-3H3,(H,35,38);2-5H2,1H3. The number of halogens is 1. The van der Waals surface area contributed by atoms with Gasteiger partial charge >= 0.3 is 0 Å². The van der Waals surface area contributed by atoms with E-state index in [9.17, 15) is 14.1 Å². The molecule has 2 bridgehead atoms. The number of likely N-dealkylation sites (N-methyl/N-ethyl adjacent to an activating group) is 1. The van der Waals surface area contributed by atoms with Crippen LogP contribution in [0.2, 0.25) is 5.02 Å². The lowest BCUT2D eigenvalue weighted by Gasteiger charge is -2.44. The van der Waals surface area contributed by atoms with Crippen LogP contribution in [-0.4, -0.2) is 85.0 Å². The Kier molecular flexibility index (Phi) is 13.6. The molecule has 1 saturated heterocycles. The van der Waals surface area contributed by atoms with E-state index < -0.39 is 11.0 Å². The van der Waals surface area contributed by atoms with Crippen molar-refractivity contribution in [2.24, 2.45) is 23.7 Å². The number of amides is 1. The summed E-state index contributed by atoms with van der Waals surface area (Å²) in [4.78, 5) is 18.0. The number of aliphatic hydroxyl groups excluding tert-OH is 1. The molecule has 4 aliphatic rings. The number of fused-ring (bicyclic) bond motifs is 2. The molecule has 266 valence electrons. The number of carbonyl (C=O) groups is 1. The van der Waals surface area contributed by atoms with Crippen molar-refractivity contribution >= 4 is 34.2 Å². The quantitative estimate of drug-likeness (QED) is 0.378. The van der Waals surface area contributed by atoms with E-state index in [2.05, 4.69) is 47.5 Å². The Morgan fingerprint density at radius 3 is 2.50 bits per heavy atom. The van der Waals surface area contributed by atoms with Crippen LogP contribution >= 0.6 is 11.6 Å². The fraction of sp³-hybridized carbons (Fsp3) is 0.658. The minimum Gasteiger partial charge on any atom is -0.491 e. The number of rotatable bonds is 4. The molecule has 2 aromatic carbocycles. The maximum Gasteiger partial charge on any atom is 0.263 e. The fourth-order valence-electron chi connectivity index (χ4n) is 7.67. The number of hydrogen-bond donors (Lipinski definition) is 2. The molecule has 7 unspecified atom stereocenters. The zero-order valence-corrected chi connectivity index (χ0v) is 30.9. The minimum absolute atomic E-state index is 0.145. The molecular weight excluding hydrogens is 646 g/mol. The number of nitrogens with one attached hydrogen (secondary N) is 1. The van der Waals surface area contributed by atoms with E-state index >= 15 is 0 Å². The van der Waals surface area contributed by atoms with Crippen LogP contribution in [0, 0.1) is 23.7 Å². The van der Waals surface area contributed by atoms with E-state index in [0.29, 0.717) is 24.0 Å². The number of aliphatic hydroxyl groups is 1. The molecule has 1 saturated carbocycles. The number of anilines is 1. The number of benzene rings is 2. The third-order valence-corrected chi connectivity index (χ3v) is 12.8. The van der Waals surface area contributed by atoms with Gasteiger partial charge in [-0.1, -0.05) is 44.4 Å². The first-order valence-corrected chi connectivity index (χ1v) is 19.7. The highest BCUT2D eigenvalue weighted by atomic mass is 35.5. The Bertz CT molecular complexity index is 1390. The first-order chi connectivity index (χ1) is 23.2. The average Bonchev–Trinajstić information content (AvgIpc) is 3.25. The van der Waals surface area contributed by atoms with Crippen LogP contribution < -0.4 is 14.4 Å². The molecule has 7 atom stereocenters. The van der Waals surface area contributed by atoms with Gasteiger partial charge in [-0.3, -0.25) is 9.52 Å². The minimum atomic E-state index is -1.49. The van der Waals surface area contributed by atoms with Crippen molar-refractivity contribution in [2.45, 2.75) is 76.9 Å². The van der Waals surface area contributed by atoms with Gasteiger partial charge in [0.2, 0.25) is 0 Å². The van der Waals surface area contributed by atoms with Crippen molar-refractivity contribution < 1.29 is 23.6 Å². The Labute approximate surface area is 295 Å². The van der Waals surface area contributed by atoms with Gasteiger partial charge in [0.1, 0.15) is 16.7 Å². The summed E-state index contributed by atoms with van der Waals surface area (Å²) < 4.78 is 27.4. The number of carbonyl (C=O) groups excluding carboxylic acids is 1. The maximum atomic E-state index is 13.3. The van der Waals surface area contributed by atoms with Gasteiger partial charge in [-0.2, -0.15) is 0 Å². The number of nitrogens with zero attached hydrogens (tertiary/aromatic N) is 2. The summed E-state index contributed by atoms with van der Waals surface area (Å²) in [5.41, 5.74) is 3.94. The SMILES string of the molecule is CCCc1cc(Cl)ccc1C1COc2ccc3cc2N(C1)CC1CCC1C(CO)CCCC(C)C(C)S(=O)NC3=O.CN1CCOCC1. The summed E-state index contributed by atoms with van der Waals surface area (Å²) in [6, 6.07) is 11.8. The lowest BCUT2D eigenvalue weighted by atomic mass is 9.65. The molecule has 2 aromatic rings. The summed E-state index contributed by atoms with van der Waals surface area (Å²) in [6.07, 6.45) is 7.19. The lowest BCUT2D eigenvalue weighted by Crippen LogP contribution is -2.43. The summed E-state index contributed by atoms with van der Waals surface area (Å²) in [5, 5.41) is 11.0. The Hall–Kier alpha value is -2.17. The third kappa shape index (κ3) is 9.33. The van der Waals surface area contributed by atoms with Crippen molar-refractivity contribution in [3.05, 3.63) is 58.1 Å². The molecule has 2 N–H and O–H groups in total. The first-order valence-electron chi connectivity index (χ1n) is 18.1. The second-order valence-electron chi connectivity index (χ2n) is 14.4. The zero-order valence-electron chi connectivity index (χ0n) is 29.3. The van der Waals surface area contributed by atoms with Gasteiger partial charge in [-0.15, -0.1) is 0 Å². The van der Waals surface area contributed by atoms with Gasteiger partial charge < -0.3 is 24.4 Å². The van der Waals surface area contributed by atoms with E-state index in [1.165, 1.54) is 11.1 Å². The number of aryl methyl sites for hydroxylation is 1. The zero-order chi connectivity index (χ0) is 34.2. The van der Waals surface area contributed by atoms with E-state index in [4.69, 9.17) is 21.1 Å². The third-order valence-electron chi connectivity index (χ3n) is 11.1. The van der Waals surface area contributed by atoms with Crippen LogP contribution in [0.25, 0.3) is 0 Å². The molecule has 3 heterocycles. The number of ether oxygens (including phenoxy) is 2. The monoisotopic (exact) mass is 701 g/mol. The van der Waals surface area contributed by atoms with E-state index in [1.54, 1.807) is 6.07 Å². The van der Waals surface area contributed by atoms with Gasteiger partial charge in [0.25, 0.3) is 5.91 Å². The fourth-order valence-corrected chi connectivity index (χ4v) is 8.91. The van der Waals surface area contributed by atoms with Gasteiger partial charge in [0.05, 0.1) is 30.8 Å². The van der Waals surface area contributed by atoms with Crippen LogP contribution in [0.4, 0.5) is 5.69 Å². The highest BCUT2D eigenvalue weighted by Crippen LogP contribution is 2.45. The number of hydrogen-bond acceptors (Lipinski definition) is 7. The van der Waals surface area contributed by atoms with Crippen LogP contribution in [-0.2, 0) is 22.1 Å². The van der Waals surface area contributed by atoms with Gasteiger partial charge in [-0.25, -0.2) is 4.21 Å². The van der Waals surface area contributed by atoms with Crippen LogP contribution in [0.1, 0.15) is 86.7 Å². The predicted octanol–water partition coefficient (Wildman–Crippen LogP) is 6.46. The highest BCUT2D eigenvalue weighted by Gasteiger charge is 2.39. The lowest BCUT2D eigenvalue weighted by molar-refractivity contribution is 0.0503. The molecule has 2 fully saturated rings. The molecule has 8 nitrogen and oxygen atoms in total. The normalized spacial score (nSPS) is 30.0. The highest BCUT2D eigenvalue weighted by molar-refractivity contribution is 7.84. The van der Waals surface area contributed by atoms with Gasteiger partial charge in [-0.05, 0) is 111 Å². The Balaban J connectivity index is 0.000000572. The van der Waals surface area contributed by atoms with Crippen LogP contribution in [0.15, 0.2) is 36.4 Å². The van der Waals surface area contributed by atoms with E-state index in [-0.39, 0.29) is 35.5 Å². The van der Waals surface area contributed by atoms with Crippen molar-refractivity contribution in [1.29, 1.82) is 0 Å². The Morgan fingerprint density at radius 1 is 1.04 bits per heavy atom. The molecule has 0 aromatic heterocycles. The molecule has 10 heteroatoms. The van der Waals surface area contributed by atoms with Crippen LogP contribution in [0.3, 0.4) is 0 Å². The van der Waals surface area contributed by atoms with Gasteiger partial charge in [0, 0.05) is 49.3 Å². The molecule has 0 spiro atoms. The van der Waals surface area contributed by atoms with Crippen molar-refractivity contribution in [3.63, 3.8) is 0 Å². The van der Waals surface area contributed by atoms with Crippen LogP contribution in [0.5, 0.6) is 5.75 Å². The summed E-state index contributed by atoms with van der Waals surface area (Å²) in [6.45, 7) is 12.6. The molecule has 1 amide bonds. The van der Waals surface area contributed by atoms with E-state index in [1.807, 2.05) is 25.1 Å². The average molecular weight is 702 g/mol. The smallest absolute Gasteiger partial charge is 0.263 e. The molecule has 0 radical (unpaired) electrons. The predicted molar refractivity (Wildman–Crippen MR) is 196 cm³/mol. The second kappa shape index (κ2) is 17.7. The molecule has 48 heavy (non-hydrogen) atoms. The Morgan fingerprint density at radius 2 is 1.83 bits per heavy atom. The second-order valence-corrected chi connectivity index (χ2v) is 16.4. The molecule has 6 rings (SSSR count). The largest absolute Gasteiger partial charge is 0.491 e. The van der Waals surface area contributed by atoms with Gasteiger partial charge in [0.15, 0.2) is 0 Å². The molecular formula is C38H56ClN3O5S. The first kappa shape index (κ1) is 37.1. The summed E-state index contributed by atoms with van der Waals surface area (Å²) in [7, 11) is 0.627. The molecule has 3 aliphatic heterocycles. The summed E-state index contributed by atoms with van der Waals surface area (Å²) >= 11 is 6.40. The molecule has 1 aliphatic carbocycles. The topological polar surface area (TPSA) is 91.3 Å². The van der Waals surface area contributed by atoms with E-state index in [0.717, 1.165) is 101 Å². The van der Waals surface area contributed by atoms with Crippen molar-refractivity contribution in [1.82, 2.24) is 9.62 Å².